The monoisotopic (exact) mass is 476 g/mol. The summed E-state index contributed by atoms with van der Waals surface area (Å²) >= 11 is 0. The van der Waals surface area contributed by atoms with Crippen molar-refractivity contribution in [3.8, 4) is 11.8 Å². The number of anilines is 1. The highest BCUT2D eigenvalue weighted by Crippen LogP contribution is 2.26. The first-order valence-electron chi connectivity index (χ1n) is 10.1. The van der Waals surface area contributed by atoms with Crippen LogP contribution in [0.25, 0.3) is 11.0 Å². The number of hydrazine groups is 1. The number of fused-ring (bicyclic) bond motifs is 1. The summed E-state index contributed by atoms with van der Waals surface area (Å²) in [6, 6.07) is 14.7. The van der Waals surface area contributed by atoms with Crippen LogP contribution >= 0.6 is 0 Å². The Hall–Kier alpha value is -4.95. The Kier molecular flexibility index (Phi) is 6.57. The summed E-state index contributed by atoms with van der Waals surface area (Å²) in [5.41, 5.74) is 3.73. The van der Waals surface area contributed by atoms with Crippen LogP contribution in [-0.2, 0) is 6.61 Å². The van der Waals surface area contributed by atoms with Crippen molar-refractivity contribution >= 4 is 28.4 Å². The molecule has 0 aliphatic rings. The van der Waals surface area contributed by atoms with Gasteiger partial charge in [0.15, 0.2) is 5.84 Å². The van der Waals surface area contributed by atoms with Crippen LogP contribution in [0.5, 0.6) is 5.75 Å². The highest BCUT2D eigenvalue weighted by molar-refractivity contribution is 6.13. The molecule has 0 bridgehead atoms. The molecule has 0 spiro atoms. The van der Waals surface area contributed by atoms with Crippen LogP contribution in [0.3, 0.4) is 0 Å². The third kappa shape index (κ3) is 4.87. The number of benzene rings is 3. The predicted octanol–water partition coefficient (Wildman–Crippen LogP) is 3.50. The number of carbonyl (C=O) groups excluding carboxylic acids is 1. The normalized spacial score (nSPS) is 11.2. The second-order valence-electron chi connectivity index (χ2n) is 7.28. The van der Waals surface area contributed by atoms with E-state index in [1.54, 1.807) is 24.3 Å². The number of carbonyl (C=O) groups is 1. The fourth-order valence-corrected chi connectivity index (χ4v) is 3.36. The summed E-state index contributed by atoms with van der Waals surface area (Å²) in [6.07, 6.45) is 1.21. The summed E-state index contributed by atoms with van der Waals surface area (Å²) in [6.45, 7) is 0.0691. The summed E-state index contributed by atoms with van der Waals surface area (Å²) in [5.74, 6) is 9.16. The van der Waals surface area contributed by atoms with E-state index in [1.165, 1.54) is 24.5 Å². The lowest BCUT2D eigenvalue weighted by Gasteiger charge is -2.09. The van der Waals surface area contributed by atoms with Gasteiger partial charge in [0.25, 0.3) is 5.91 Å². The van der Waals surface area contributed by atoms with Crippen LogP contribution in [0.2, 0.25) is 0 Å². The van der Waals surface area contributed by atoms with E-state index in [9.17, 15) is 13.6 Å². The minimum atomic E-state index is -0.697. The lowest BCUT2D eigenvalue weighted by Crippen LogP contribution is -2.32. The zero-order valence-corrected chi connectivity index (χ0v) is 18.0. The zero-order valence-electron chi connectivity index (χ0n) is 18.0. The van der Waals surface area contributed by atoms with Crippen molar-refractivity contribution in [1.29, 1.82) is 5.26 Å². The quantitative estimate of drug-likeness (QED) is 0.144. The molecule has 3 aromatic carbocycles. The average Bonchev–Trinajstić information content (AvgIpc) is 3.27. The van der Waals surface area contributed by atoms with Crippen molar-refractivity contribution < 1.29 is 22.7 Å². The lowest BCUT2D eigenvalue weighted by atomic mass is 10.1. The third-order valence-corrected chi connectivity index (χ3v) is 5.13. The highest BCUT2D eigenvalue weighted by atomic mass is 19.1. The largest absolute Gasteiger partial charge is 0.489 e. The first kappa shape index (κ1) is 23.2. The van der Waals surface area contributed by atoms with Gasteiger partial charge < -0.3 is 25.7 Å². The minimum absolute atomic E-state index is 0.0121. The van der Waals surface area contributed by atoms with Crippen molar-refractivity contribution in [2.45, 2.75) is 6.61 Å². The van der Waals surface area contributed by atoms with Gasteiger partial charge >= 0.3 is 0 Å². The molecule has 0 saturated carbocycles. The standard InChI is InChI=1S/C24H18F2N6O3/c25-15-2-1-13(14(7-15)10-27)11-34-17-5-3-16(4-6-17)30-24(33)20-12-35-22-9-19(23(31-28)32-29)21(26)8-18(20)22/h1-9,12H,11,28-29H2,(H,30,33)(H,31,32). The first-order valence-corrected chi connectivity index (χ1v) is 10.1. The predicted molar refractivity (Wildman–Crippen MR) is 124 cm³/mol. The van der Waals surface area contributed by atoms with Crippen molar-refractivity contribution in [1.82, 2.24) is 5.43 Å². The molecule has 0 radical (unpaired) electrons. The Morgan fingerprint density at radius 3 is 2.57 bits per heavy atom. The first-order chi connectivity index (χ1) is 16.9. The maximum absolute atomic E-state index is 14.5. The van der Waals surface area contributed by atoms with Gasteiger partial charge in [-0.25, -0.2) is 14.6 Å². The molecule has 0 atom stereocenters. The molecule has 0 saturated heterocycles. The SMILES string of the molecule is N#Cc1cc(F)ccc1COc1ccc(NC(=O)c2coc3cc(C(=NN)NN)c(F)cc23)cc1. The van der Waals surface area contributed by atoms with E-state index in [0.717, 1.165) is 12.1 Å². The van der Waals surface area contributed by atoms with Gasteiger partial charge in [-0.2, -0.15) is 10.4 Å². The third-order valence-electron chi connectivity index (χ3n) is 5.13. The molecule has 176 valence electrons. The van der Waals surface area contributed by atoms with Crippen LogP contribution < -0.4 is 27.2 Å². The van der Waals surface area contributed by atoms with Crippen LogP contribution in [0.15, 0.2) is 70.4 Å². The smallest absolute Gasteiger partial charge is 0.259 e. The number of ether oxygens (including phenoxy) is 1. The molecule has 1 aromatic heterocycles. The molecule has 0 aliphatic heterocycles. The molecule has 0 aliphatic carbocycles. The fraction of sp³-hybridized carbons (Fsp3) is 0.0417. The van der Waals surface area contributed by atoms with Gasteiger partial charge in [0, 0.05) is 16.6 Å². The molecular weight excluding hydrogens is 458 g/mol. The van der Waals surface area contributed by atoms with E-state index in [-0.39, 0.29) is 40.1 Å². The fourth-order valence-electron chi connectivity index (χ4n) is 3.36. The molecule has 9 nitrogen and oxygen atoms in total. The topological polar surface area (TPSA) is 152 Å². The van der Waals surface area contributed by atoms with Gasteiger partial charge in [0.1, 0.15) is 35.8 Å². The maximum atomic E-state index is 14.5. The van der Waals surface area contributed by atoms with Gasteiger partial charge in [-0.3, -0.25) is 4.79 Å². The Morgan fingerprint density at radius 1 is 1.11 bits per heavy atom. The molecule has 4 rings (SSSR count). The lowest BCUT2D eigenvalue weighted by molar-refractivity contribution is 0.102. The number of rotatable bonds is 6. The van der Waals surface area contributed by atoms with E-state index in [2.05, 4.69) is 15.8 Å². The van der Waals surface area contributed by atoms with Gasteiger partial charge in [-0.1, -0.05) is 6.07 Å². The van der Waals surface area contributed by atoms with Gasteiger partial charge in [0.2, 0.25) is 0 Å². The number of halogens is 2. The molecule has 1 heterocycles. The number of nitrogens with one attached hydrogen (secondary N) is 2. The van der Waals surface area contributed by atoms with Crippen molar-refractivity contribution in [2.75, 3.05) is 5.32 Å². The number of hydrogen-bond acceptors (Lipinski definition) is 7. The van der Waals surface area contributed by atoms with E-state index >= 15 is 0 Å². The van der Waals surface area contributed by atoms with Gasteiger partial charge in [-0.05, 0) is 48.5 Å². The Balaban J connectivity index is 1.46. The number of hydrogen-bond donors (Lipinski definition) is 4. The number of furan rings is 1. The van der Waals surface area contributed by atoms with E-state index in [0.29, 0.717) is 17.0 Å². The van der Waals surface area contributed by atoms with Crippen LogP contribution in [0.1, 0.15) is 27.0 Å². The Labute approximate surface area is 197 Å². The number of hydrazone groups is 1. The molecule has 6 N–H and O–H groups in total. The maximum Gasteiger partial charge on any atom is 0.259 e. The number of nitrogens with two attached hydrogens (primary N) is 2. The van der Waals surface area contributed by atoms with Crippen LogP contribution in [0, 0.1) is 23.0 Å². The summed E-state index contributed by atoms with van der Waals surface area (Å²) in [5, 5.41) is 15.5. The molecule has 1 amide bonds. The molecule has 0 unspecified atom stereocenters. The van der Waals surface area contributed by atoms with Gasteiger partial charge in [-0.15, -0.1) is 0 Å². The van der Waals surface area contributed by atoms with Crippen molar-refractivity contribution in [2.24, 2.45) is 16.8 Å². The van der Waals surface area contributed by atoms with E-state index < -0.39 is 17.5 Å². The summed E-state index contributed by atoms with van der Waals surface area (Å²) in [4.78, 5) is 12.8. The second-order valence-corrected chi connectivity index (χ2v) is 7.28. The second kappa shape index (κ2) is 9.90. The molecule has 11 heteroatoms. The molecule has 0 fully saturated rings. The van der Waals surface area contributed by atoms with Crippen LogP contribution in [0.4, 0.5) is 14.5 Å². The number of nitrogens with zero attached hydrogens (tertiary/aromatic N) is 2. The van der Waals surface area contributed by atoms with Gasteiger partial charge in [0.05, 0.1) is 22.8 Å². The Bertz CT molecular complexity index is 1480. The number of nitriles is 1. The van der Waals surface area contributed by atoms with Crippen molar-refractivity contribution in [3.63, 3.8) is 0 Å². The van der Waals surface area contributed by atoms with E-state index in [4.69, 9.17) is 26.1 Å². The highest BCUT2D eigenvalue weighted by Gasteiger charge is 2.19. The zero-order chi connectivity index (χ0) is 24.9. The molecule has 4 aromatic rings. The average molecular weight is 476 g/mol. The van der Waals surface area contributed by atoms with E-state index in [1.807, 2.05) is 6.07 Å². The minimum Gasteiger partial charge on any atom is -0.489 e. The summed E-state index contributed by atoms with van der Waals surface area (Å²) < 4.78 is 38.9. The summed E-state index contributed by atoms with van der Waals surface area (Å²) in [7, 11) is 0. The van der Waals surface area contributed by atoms with Crippen molar-refractivity contribution in [3.05, 3.63) is 94.7 Å². The molecule has 35 heavy (non-hydrogen) atoms. The Morgan fingerprint density at radius 2 is 1.89 bits per heavy atom. The number of amidine groups is 1. The van der Waals surface area contributed by atoms with Crippen LogP contribution in [-0.4, -0.2) is 11.7 Å². The number of amides is 1. The molecular formula is C24H18F2N6O3.